The van der Waals surface area contributed by atoms with E-state index in [1.807, 2.05) is 6.92 Å². The Balaban J connectivity index is 2.60. The van der Waals surface area contributed by atoms with Gasteiger partial charge in [-0.2, -0.15) is 0 Å². The highest BCUT2D eigenvalue weighted by atomic mass is 16.5. The molecule has 1 rings (SSSR count). The van der Waals surface area contributed by atoms with E-state index in [1.165, 1.54) is 19.2 Å². The summed E-state index contributed by atoms with van der Waals surface area (Å²) in [5, 5.41) is 14.3. The molecule has 0 fully saturated rings. The number of anilines is 1. The smallest absolute Gasteiger partial charge is 0.337 e. The normalized spacial score (nSPS) is 9.91. The van der Waals surface area contributed by atoms with Crippen LogP contribution in [0.5, 0.6) is 5.75 Å². The van der Waals surface area contributed by atoms with Crippen molar-refractivity contribution in [2.45, 2.75) is 26.2 Å². The zero-order valence-electron chi connectivity index (χ0n) is 12.6. The van der Waals surface area contributed by atoms with Crippen LogP contribution in [0.4, 0.5) is 5.69 Å². The predicted octanol–water partition coefficient (Wildman–Crippen LogP) is 1.64. The molecule has 0 saturated heterocycles. The number of hydrogen-bond acceptors (Lipinski definition) is 4. The quantitative estimate of drug-likeness (QED) is 0.677. The van der Waals surface area contributed by atoms with Crippen LogP contribution >= 0.6 is 0 Å². The van der Waals surface area contributed by atoms with Gasteiger partial charge < -0.3 is 20.5 Å². The molecule has 0 aromatic heterocycles. The van der Waals surface area contributed by atoms with Gasteiger partial charge in [0, 0.05) is 19.4 Å². The Morgan fingerprint density at radius 3 is 2.45 bits per heavy atom. The van der Waals surface area contributed by atoms with E-state index in [0.29, 0.717) is 18.7 Å². The summed E-state index contributed by atoms with van der Waals surface area (Å²) in [7, 11) is 1.43. The maximum atomic E-state index is 11.8. The first-order valence-electron chi connectivity index (χ1n) is 6.95. The van der Waals surface area contributed by atoms with Crippen LogP contribution in [-0.2, 0) is 9.59 Å². The number of rotatable bonds is 8. The van der Waals surface area contributed by atoms with Crippen molar-refractivity contribution in [1.29, 1.82) is 0 Å². The fourth-order valence-electron chi connectivity index (χ4n) is 1.84. The lowest BCUT2D eigenvalue weighted by Gasteiger charge is -2.10. The van der Waals surface area contributed by atoms with E-state index < -0.39 is 5.97 Å². The highest BCUT2D eigenvalue weighted by molar-refractivity contribution is 6.00. The average molecular weight is 308 g/mol. The van der Waals surface area contributed by atoms with Gasteiger partial charge in [0.2, 0.25) is 11.8 Å². The van der Waals surface area contributed by atoms with Gasteiger partial charge in [-0.25, -0.2) is 4.79 Å². The van der Waals surface area contributed by atoms with Crippen molar-refractivity contribution in [1.82, 2.24) is 5.32 Å². The number of carbonyl (C=O) groups is 3. The molecule has 3 N–H and O–H groups in total. The van der Waals surface area contributed by atoms with E-state index in [9.17, 15) is 14.4 Å². The van der Waals surface area contributed by atoms with E-state index in [4.69, 9.17) is 9.84 Å². The van der Waals surface area contributed by atoms with Crippen LogP contribution in [0.15, 0.2) is 18.2 Å². The molecule has 0 aliphatic rings. The fraction of sp³-hybridized carbons (Fsp3) is 0.400. The maximum absolute atomic E-state index is 11.8. The second-order valence-electron chi connectivity index (χ2n) is 4.57. The maximum Gasteiger partial charge on any atom is 0.337 e. The first-order chi connectivity index (χ1) is 10.5. The Kier molecular flexibility index (Phi) is 6.88. The molecule has 120 valence electrons. The minimum atomic E-state index is -1.16. The second-order valence-corrected chi connectivity index (χ2v) is 4.57. The topological polar surface area (TPSA) is 105 Å². The Morgan fingerprint density at radius 2 is 1.86 bits per heavy atom. The number of ether oxygens (including phenoxy) is 1. The van der Waals surface area contributed by atoms with Crippen LogP contribution in [-0.4, -0.2) is 36.5 Å². The van der Waals surface area contributed by atoms with E-state index in [-0.39, 0.29) is 35.9 Å². The number of benzene rings is 1. The van der Waals surface area contributed by atoms with E-state index >= 15 is 0 Å². The summed E-state index contributed by atoms with van der Waals surface area (Å²) < 4.78 is 4.96. The van der Waals surface area contributed by atoms with Crippen molar-refractivity contribution in [3.8, 4) is 5.75 Å². The van der Waals surface area contributed by atoms with Gasteiger partial charge in [0.15, 0.2) is 0 Å². The van der Waals surface area contributed by atoms with Gasteiger partial charge in [-0.05, 0) is 31.5 Å². The number of methoxy groups -OCH3 is 1. The molecule has 0 radical (unpaired) electrons. The molecule has 22 heavy (non-hydrogen) atoms. The average Bonchev–Trinajstić information content (AvgIpc) is 2.47. The van der Waals surface area contributed by atoms with E-state index in [0.717, 1.165) is 0 Å². The lowest BCUT2D eigenvalue weighted by atomic mass is 10.1. The Hall–Kier alpha value is -2.57. The molecule has 1 aromatic carbocycles. The third kappa shape index (κ3) is 5.43. The van der Waals surface area contributed by atoms with E-state index in [1.54, 1.807) is 6.07 Å². The molecule has 0 saturated carbocycles. The minimum Gasteiger partial charge on any atom is -0.497 e. The third-order valence-electron chi connectivity index (χ3n) is 2.91. The highest BCUT2D eigenvalue weighted by Crippen LogP contribution is 2.22. The first kappa shape index (κ1) is 17.5. The summed E-state index contributed by atoms with van der Waals surface area (Å²) in [4.78, 5) is 34.3. The van der Waals surface area contributed by atoms with Crippen LogP contribution in [0.25, 0.3) is 0 Å². The van der Waals surface area contributed by atoms with Crippen LogP contribution in [0.3, 0.4) is 0 Å². The molecule has 0 spiro atoms. The van der Waals surface area contributed by atoms with Gasteiger partial charge in [-0.15, -0.1) is 0 Å². The Labute approximate surface area is 128 Å². The molecular formula is C15H20N2O5. The zero-order valence-corrected chi connectivity index (χ0v) is 12.6. The predicted molar refractivity (Wildman–Crippen MR) is 81.1 cm³/mol. The number of carboxylic acid groups (broad SMARTS) is 1. The monoisotopic (exact) mass is 308 g/mol. The summed E-state index contributed by atoms with van der Waals surface area (Å²) >= 11 is 0. The van der Waals surface area contributed by atoms with Gasteiger partial charge in [0.25, 0.3) is 0 Å². The standard InChI is InChI=1S/C15H20N2O5/c1-3-16-13(18)5-4-6-14(19)17-12-8-7-10(22-2)9-11(12)15(20)21/h7-9H,3-6H2,1-2H3,(H,16,18)(H,17,19)(H,20,21). The van der Waals surface area contributed by atoms with Crippen molar-refractivity contribution < 1.29 is 24.2 Å². The highest BCUT2D eigenvalue weighted by Gasteiger charge is 2.14. The fourth-order valence-corrected chi connectivity index (χ4v) is 1.84. The molecule has 0 bridgehead atoms. The second kappa shape index (κ2) is 8.66. The largest absolute Gasteiger partial charge is 0.497 e. The van der Waals surface area contributed by atoms with Crippen molar-refractivity contribution in [3.05, 3.63) is 23.8 Å². The third-order valence-corrected chi connectivity index (χ3v) is 2.91. The Morgan fingerprint density at radius 1 is 1.18 bits per heavy atom. The molecule has 1 aromatic rings. The van der Waals surface area contributed by atoms with Gasteiger partial charge >= 0.3 is 5.97 Å². The number of carbonyl (C=O) groups excluding carboxylic acids is 2. The van der Waals surface area contributed by atoms with E-state index in [2.05, 4.69) is 10.6 Å². The van der Waals surface area contributed by atoms with Crippen LogP contribution < -0.4 is 15.4 Å². The van der Waals surface area contributed by atoms with Gasteiger partial charge in [-0.1, -0.05) is 0 Å². The molecule has 0 aliphatic heterocycles. The molecule has 0 atom stereocenters. The number of hydrogen-bond donors (Lipinski definition) is 3. The number of carboxylic acids is 1. The minimum absolute atomic E-state index is 0.0450. The summed E-state index contributed by atoms with van der Waals surface area (Å²) in [6.45, 7) is 2.38. The molecular weight excluding hydrogens is 288 g/mol. The van der Waals surface area contributed by atoms with Crippen LogP contribution in [0.1, 0.15) is 36.5 Å². The summed E-state index contributed by atoms with van der Waals surface area (Å²) in [6.07, 6.45) is 0.800. The summed E-state index contributed by atoms with van der Waals surface area (Å²) in [5.74, 6) is -1.20. The lowest BCUT2D eigenvalue weighted by molar-refractivity contribution is -0.121. The molecule has 0 heterocycles. The first-order valence-corrected chi connectivity index (χ1v) is 6.95. The number of amides is 2. The van der Waals surface area contributed by atoms with Gasteiger partial charge in [-0.3, -0.25) is 9.59 Å². The molecule has 7 nitrogen and oxygen atoms in total. The van der Waals surface area contributed by atoms with Crippen LogP contribution in [0, 0.1) is 0 Å². The van der Waals surface area contributed by atoms with Gasteiger partial charge in [0.1, 0.15) is 5.75 Å². The Bertz CT molecular complexity index is 557. The number of nitrogens with one attached hydrogen (secondary N) is 2. The summed E-state index contributed by atoms with van der Waals surface area (Å²) in [5.41, 5.74) is 0.160. The molecule has 7 heteroatoms. The summed E-state index contributed by atoms with van der Waals surface area (Å²) in [6, 6.07) is 4.38. The molecule has 0 aliphatic carbocycles. The van der Waals surface area contributed by atoms with Crippen molar-refractivity contribution >= 4 is 23.5 Å². The van der Waals surface area contributed by atoms with Crippen molar-refractivity contribution in [3.63, 3.8) is 0 Å². The van der Waals surface area contributed by atoms with Crippen molar-refractivity contribution in [2.75, 3.05) is 19.0 Å². The van der Waals surface area contributed by atoms with Gasteiger partial charge in [0.05, 0.1) is 18.4 Å². The number of aromatic carboxylic acids is 1. The van der Waals surface area contributed by atoms with Crippen molar-refractivity contribution in [2.24, 2.45) is 0 Å². The van der Waals surface area contributed by atoms with Crippen LogP contribution in [0.2, 0.25) is 0 Å². The molecule has 2 amide bonds. The zero-order chi connectivity index (χ0) is 16.5. The molecule has 0 unspecified atom stereocenters. The lowest BCUT2D eigenvalue weighted by Crippen LogP contribution is -2.22. The SMILES string of the molecule is CCNC(=O)CCCC(=O)Nc1ccc(OC)cc1C(=O)O.